The number of anilines is 1. The average molecular weight is 235 g/mol. The summed E-state index contributed by atoms with van der Waals surface area (Å²) in [6, 6.07) is 8.57. The molecule has 0 bridgehead atoms. The number of hydrogen-bond acceptors (Lipinski definition) is 3. The molecule has 0 saturated heterocycles. The Bertz CT molecular complexity index is 498. The van der Waals surface area contributed by atoms with Crippen LogP contribution in [0.5, 0.6) is 5.75 Å². The molecule has 2 nitrogen and oxygen atoms in total. The highest BCUT2D eigenvalue weighted by Crippen LogP contribution is 2.35. The van der Waals surface area contributed by atoms with Crippen molar-refractivity contribution >= 4 is 17.0 Å². The quantitative estimate of drug-likeness (QED) is 0.817. The van der Waals surface area contributed by atoms with Gasteiger partial charge in [-0.05, 0) is 23.6 Å². The number of ether oxygens (including phenoxy) is 1. The van der Waals surface area contributed by atoms with Crippen LogP contribution >= 0.6 is 11.3 Å². The van der Waals surface area contributed by atoms with Gasteiger partial charge in [0.05, 0.1) is 12.2 Å². The van der Waals surface area contributed by atoms with E-state index in [9.17, 15) is 4.39 Å². The summed E-state index contributed by atoms with van der Waals surface area (Å²) in [5.41, 5.74) is 0.856. The van der Waals surface area contributed by atoms with Crippen LogP contribution in [0.15, 0.2) is 35.7 Å². The third-order valence-electron chi connectivity index (χ3n) is 2.55. The molecule has 2 aromatic rings. The Balaban J connectivity index is 1.91. The van der Waals surface area contributed by atoms with Gasteiger partial charge in [0.1, 0.15) is 11.6 Å². The average Bonchev–Trinajstić information content (AvgIpc) is 2.81. The Morgan fingerprint density at radius 1 is 1.38 bits per heavy atom. The zero-order valence-electron chi connectivity index (χ0n) is 8.44. The molecule has 1 aliphatic heterocycles. The highest BCUT2D eigenvalue weighted by molar-refractivity contribution is 7.10. The van der Waals surface area contributed by atoms with Crippen LogP contribution in [0.2, 0.25) is 0 Å². The lowest BCUT2D eigenvalue weighted by atomic mass is 10.2. The van der Waals surface area contributed by atoms with Crippen LogP contribution in [0.25, 0.3) is 0 Å². The van der Waals surface area contributed by atoms with Gasteiger partial charge in [-0.25, -0.2) is 4.39 Å². The molecule has 1 aromatic carbocycles. The lowest BCUT2D eigenvalue weighted by Crippen LogP contribution is -2.22. The number of rotatable bonds is 1. The minimum Gasteiger partial charge on any atom is -0.481 e. The fourth-order valence-corrected chi connectivity index (χ4v) is 2.53. The molecule has 0 spiro atoms. The van der Waals surface area contributed by atoms with Crippen LogP contribution in [0.3, 0.4) is 0 Å². The Morgan fingerprint density at radius 3 is 3.12 bits per heavy atom. The first-order valence-electron chi connectivity index (χ1n) is 5.06. The van der Waals surface area contributed by atoms with E-state index in [1.807, 2.05) is 17.5 Å². The Labute approximate surface area is 96.7 Å². The summed E-state index contributed by atoms with van der Waals surface area (Å²) in [6.45, 7) is 0.721. The number of thiophene rings is 1. The number of hydrogen-bond donors (Lipinski definition) is 1. The normalized spacial score (nSPS) is 18.4. The van der Waals surface area contributed by atoms with Crippen molar-refractivity contribution < 1.29 is 9.13 Å². The smallest absolute Gasteiger partial charge is 0.150 e. The summed E-state index contributed by atoms with van der Waals surface area (Å²) in [6.07, 6.45) is -0.0192. The van der Waals surface area contributed by atoms with Crippen molar-refractivity contribution in [2.75, 3.05) is 11.9 Å². The maximum atomic E-state index is 13.1. The summed E-state index contributed by atoms with van der Waals surface area (Å²) in [7, 11) is 0. The number of fused-ring (bicyclic) bond motifs is 1. The number of benzene rings is 1. The molecule has 82 valence electrons. The van der Waals surface area contributed by atoms with Crippen molar-refractivity contribution in [1.82, 2.24) is 0 Å². The molecule has 0 fully saturated rings. The van der Waals surface area contributed by atoms with Crippen LogP contribution in [0.4, 0.5) is 10.1 Å². The maximum Gasteiger partial charge on any atom is 0.150 e. The topological polar surface area (TPSA) is 21.3 Å². The van der Waals surface area contributed by atoms with E-state index in [0.29, 0.717) is 5.75 Å². The lowest BCUT2D eigenvalue weighted by Gasteiger charge is -2.26. The Hall–Kier alpha value is -1.55. The van der Waals surface area contributed by atoms with Gasteiger partial charge in [0.25, 0.3) is 0 Å². The van der Waals surface area contributed by atoms with Crippen molar-refractivity contribution in [3.05, 3.63) is 46.4 Å². The molecule has 1 aliphatic rings. The minimum absolute atomic E-state index is 0.0192. The van der Waals surface area contributed by atoms with Gasteiger partial charge in [-0.3, -0.25) is 0 Å². The molecule has 1 unspecified atom stereocenters. The number of halogens is 1. The van der Waals surface area contributed by atoms with E-state index in [1.165, 1.54) is 12.1 Å². The Morgan fingerprint density at radius 2 is 2.31 bits per heavy atom. The molecule has 1 N–H and O–H groups in total. The molecule has 16 heavy (non-hydrogen) atoms. The zero-order chi connectivity index (χ0) is 11.0. The second-order valence-corrected chi connectivity index (χ2v) is 4.62. The molecule has 3 rings (SSSR count). The highest BCUT2D eigenvalue weighted by atomic mass is 32.1. The van der Waals surface area contributed by atoms with E-state index in [4.69, 9.17) is 4.74 Å². The highest BCUT2D eigenvalue weighted by Gasteiger charge is 2.21. The molecule has 0 radical (unpaired) electrons. The predicted molar refractivity (Wildman–Crippen MR) is 62.6 cm³/mol. The zero-order valence-corrected chi connectivity index (χ0v) is 9.26. The Kier molecular flexibility index (Phi) is 2.29. The van der Waals surface area contributed by atoms with E-state index < -0.39 is 0 Å². The van der Waals surface area contributed by atoms with Gasteiger partial charge in [0.2, 0.25) is 0 Å². The first-order chi connectivity index (χ1) is 7.83. The largest absolute Gasteiger partial charge is 0.481 e. The summed E-state index contributed by atoms with van der Waals surface area (Å²) in [5, 5.41) is 5.26. The first-order valence-corrected chi connectivity index (χ1v) is 5.94. The maximum absolute atomic E-state index is 13.1. The van der Waals surface area contributed by atoms with Gasteiger partial charge in [-0.2, -0.15) is 0 Å². The van der Waals surface area contributed by atoms with Crippen LogP contribution < -0.4 is 10.1 Å². The van der Waals surface area contributed by atoms with Gasteiger partial charge in [0, 0.05) is 10.9 Å². The number of nitrogens with one attached hydrogen (secondary N) is 1. The van der Waals surface area contributed by atoms with Gasteiger partial charge < -0.3 is 10.1 Å². The molecular formula is C12H10FNOS. The second kappa shape index (κ2) is 3.79. The van der Waals surface area contributed by atoms with Crippen LogP contribution in [0.1, 0.15) is 11.0 Å². The third-order valence-corrected chi connectivity index (χ3v) is 3.52. The van der Waals surface area contributed by atoms with Crippen LogP contribution in [0, 0.1) is 5.82 Å². The van der Waals surface area contributed by atoms with Gasteiger partial charge >= 0.3 is 0 Å². The van der Waals surface area contributed by atoms with Gasteiger partial charge in [0.15, 0.2) is 6.10 Å². The minimum atomic E-state index is -0.271. The molecule has 4 heteroatoms. The van der Waals surface area contributed by atoms with E-state index >= 15 is 0 Å². The molecule has 0 saturated carbocycles. The molecule has 1 atom stereocenters. The SMILES string of the molecule is Fc1ccc2c(c1)OC(c1cccs1)CN2. The van der Waals surface area contributed by atoms with Crippen molar-refractivity contribution in [3.8, 4) is 5.75 Å². The van der Waals surface area contributed by atoms with E-state index in [0.717, 1.165) is 17.1 Å². The van der Waals surface area contributed by atoms with Crippen molar-refractivity contribution in [1.29, 1.82) is 0 Å². The van der Waals surface area contributed by atoms with Crippen molar-refractivity contribution in [3.63, 3.8) is 0 Å². The predicted octanol–water partition coefficient (Wildman–Crippen LogP) is 3.43. The lowest BCUT2D eigenvalue weighted by molar-refractivity contribution is 0.213. The van der Waals surface area contributed by atoms with Crippen molar-refractivity contribution in [2.45, 2.75) is 6.10 Å². The fourth-order valence-electron chi connectivity index (χ4n) is 1.77. The van der Waals surface area contributed by atoms with Gasteiger partial charge in [-0.15, -0.1) is 11.3 Å². The molecule has 0 amide bonds. The fraction of sp³-hybridized carbons (Fsp3) is 0.167. The molecule has 2 heterocycles. The summed E-state index contributed by atoms with van der Waals surface area (Å²) in [5.74, 6) is 0.317. The van der Waals surface area contributed by atoms with Crippen LogP contribution in [-0.4, -0.2) is 6.54 Å². The summed E-state index contributed by atoms with van der Waals surface area (Å²) in [4.78, 5) is 1.16. The molecular weight excluding hydrogens is 225 g/mol. The van der Waals surface area contributed by atoms with E-state index in [1.54, 1.807) is 17.4 Å². The van der Waals surface area contributed by atoms with E-state index in [2.05, 4.69) is 5.32 Å². The summed E-state index contributed by atoms with van der Waals surface area (Å²) < 4.78 is 18.8. The van der Waals surface area contributed by atoms with Crippen LogP contribution in [-0.2, 0) is 0 Å². The second-order valence-electron chi connectivity index (χ2n) is 3.64. The van der Waals surface area contributed by atoms with Crippen molar-refractivity contribution in [2.24, 2.45) is 0 Å². The first kappa shape index (κ1) is 9.66. The van der Waals surface area contributed by atoms with E-state index in [-0.39, 0.29) is 11.9 Å². The molecule has 0 aliphatic carbocycles. The monoisotopic (exact) mass is 235 g/mol. The standard InChI is InChI=1S/C12H10FNOS/c13-8-3-4-9-10(6-8)15-11(7-14-9)12-2-1-5-16-12/h1-6,11,14H,7H2. The molecule has 1 aromatic heterocycles. The van der Waals surface area contributed by atoms with Gasteiger partial charge in [-0.1, -0.05) is 6.07 Å². The third kappa shape index (κ3) is 1.65. The summed E-state index contributed by atoms with van der Waals surface area (Å²) >= 11 is 1.65.